The van der Waals surface area contributed by atoms with Crippen molar-refractivity contribution in [2.45, 2.75) is 13.3 Å². The minimum atomic E-state index is 0. The van der Waals surface area contributed by atoms with Crippen molar-refractivity contribution >= 4 is 32.3 Å². The molecule has 0 aliphatic heterocycles. The Balaban J connectivity index is 0.000000934. The van der Waals surface area contributed by atoms with Gasteiger partial charge in [-0.3, -0.25) is 0 Å². The van der Waals surface area contributed by atoms with E-state index >= 15 is 0 Å². The molecule has 0 heterocycles. The van der Waals surface area contributed by atoms with Crippen LogP contribution in [0.1, 0.15) is 12.5 Å². The third-order valence-corrected chi connectivity index (χ3v) is 5.26. The predicted molar refractivity (Wildman–Crippen MR) is 109 cm³/mol. The summed E-state index contributed by atoms with van der Waals surface area (Å²) in [6.45, 7) is 2.22. The van der Waals surface area contributed by atoms with Gasteiger partial charge in [0.15, 0.2) is 0 Å². The van der Waals surface area contributed by atoms with Gasteiger partial charge < -0.3 is 24.8 Å². The predicted octanol–water partition coefficient (Wildman–Crippen LogP) is 1.10. The molecule has 0 spiro atoms. The Morgan fingerprint density at radius 3 is 1.96 bits per heavy atom. The van der Waals surface area contributed by atoms with Crippen LogP contribution in [0.3, 0.4) is 0 Å². The largest absolute Gasteiger partial charge is 3.00 e. The van der Waals surface area contributed by atoms with Crippen LogP contribution in [0.4, 0.5) is 0 Å². The molecule has 0 saturated heterocycles. The molecule has 0 atom stereocenters. The molecule has 0 aliphatic rings. The van der Waals surface area contributed by atoms with Gasteiger partial charge in [-0.25, -0.2) is 0 Å². The fourth-order valence-electron chi connectivity index (χ4n) is 3.94. The Hall–Kier alpha value is -1.53. The molecule has 5 aromatic rings. The van der Waals surface area contributed by atoms with Crippen LogP contribution in [0.25, 0.3) is 43.4 Å². The molecule has 0 aromatic heterocycles. The SMILES string of the molecule is CCc1cc2c(-c3cccc4cc5ccccc5cc34)cccc2[cH-]1.[Cl-].[Cl-].[Zr+3]. The van der Waals surface area contributed by atoms with Crippen molar-refractivity contribution < 1.29 is 51.0 Å². The number of aryl methyl sites for hydroxylation is 1. The van der Waals surface area contributed by atoms with Crippen LogP contribution < -0.4 is 24.8 Å². The van der Waals surface area contributed by atoms with E-state index in [1.54, 1.807) is 0 Å². The van der Waals surface area contributed by atoms with Crippen LogP contribution >= 0.6 is 0 Å². The molecule has 1 radical (unpaired) electrons. The Morgan fingerprint density at radius 2 is 1.25 bits per heavy atom. The van der Waals surface area contributed by atoms with E-state index in [-0.39, 0.29) is 51.0 Å². The van der Waals surface area contributed by atoms with Crippen molar-refractivity contribution in [1.82, 2.24) is 0 Å². The van der Waals surface area contributed by atoms with Gasteiger partial charge in [0.1, 0.15) is 0 Å². The van der Waals surface area contributed by atoms with Crippen LogP contribution in [0, 0.1) is 0 Å². The number of halogens is 2. The fourth-order valence-corrected chi connectivity index (χ4v) is 3.94. The van der Waals surface area contributed by atoms with Gasteiger partial charge in [0.25, 0.3) is 0 Å². The molecular weight excluding hydrogens is 462 g/mol. The van der Waals surface area contributed by atoms with Crippen molar-refractivity contribution in [3.8, 4) is 11.1 Å². The molecular formula is C25H19Cl2Zr. The van der Waals surface area contributed by atoms with E-state index in [0.29, 0.717) is 0 Å². The average molecular weight is 482 g/mol. The van der Waals surface area contributed by atoms with Gasteiger partial charge in [-0.2, -0.15) is 6.07 Å². The van der Waals surface area contributed by atoms with Crippen LogP contribution in [0.15, 0.2) is 84.9 Å². The van der Waals surface area contributed by atoms with E-state index in [1.165, 1.54) is 49.0 Å². The molecule has 0 bridgehead atoms. The second kappa shape index (κ2) is 9.31. The molecule has 5 aromatic carbocycles. The van der Waals surface area contributed by atoms with E-state index in [4.69, 9.17) is 0 Å². The first-order valence-electron chi connectivity index (χ1n) is 8.94. The zero-order valence-electron chi connectivity index (χ0n) is 15.5. The summed E-state index contributed by atoms with van der Waals surface area (Å²) >= 11 is 0. The van der Waals surface area contributed by atoms with Crippen molar-refractivity contribution in [2.75, 3.05) is 0 Å². The Kier molecular flexibility index (Phi) is 7.57. The maximum absolute atomic E-state index is 2.35. The molecule has 28 heavy (non-hydrogen) atoms. The van der Waals surface area contributed by atoms with E-state index in [9.17, 15) is 0 Å². The fraction of sp³-hybridized carbons (Fsp3) is 0.0800. The molecule has 0 saturated carbocycles. The normalized spacial score (nSPS) is 10.3. The first kappa shape index (κ1) is 22.8. The van der Waals surface area contributed by atoms with Crippen LogP contribution in [0.2, 0.25) is 0 Å². The number of benzene rings is 4. The maximum atomic E-state index is 2.35. The first-order chi connectivity index (χ1) is 12.3. The third-order valence-electron chi connectivity index (χ3n) is 5.26. The Labute approximate surface area is 197 Å². The van der Waals surface area contributed by atoms with Gasteiger partial charge in [0, 0.05) is 0 Å². The maximum Gasteiger partial charge on any atom is 3.00 e. The van der Waals surface area contributed by atoms with Crippen molar-refractivity contribution in [3.63, 3.8) is 0 Å². The summed E-state index contributed by atoms with van der Waals surface area (Å²) in [6, 6.07) is 31.2. The zero-order valence-corrected chi connectivity index (χ0v) is 19.5. The summed E-state index contributed by atoms with van der Waals surface area (Å²) < 4.78 is 0. The minimum absolute atomic E-state index is 0. The Bertz CT molecular complexity index is 1240. The Morgan fingerprint density at radius 1 is 0.643 bits per heavy atom. The number of rotatable bonds is 2. The monoisotopic (exact) mass is 479 g/mol. The molecule has 0 unspecified atom stereocenters. The molecule has 3 heteroatoms. The number of fused-ring (bicyclic) bond motifs is 3. The van der Waals surface area contributed by atoms with Crippen LogP contribution in [0.5, 0.6) is 0 Å². The number of hydrogen-bond acceptors (Lipinski definition) is 0. The van der Waals surface area contributed by atoms with Crippen molar-refractivity contribution in [2.24, 2.45) is 0 Å². The summed E-state index contributed by atoms with van der Waals surface area (Å²) in [5, 5.41) is 7.92. The molecule has 0 aliphatic carbocycles. The zero-order chi connectivity index (χ0) is 16.8. The summed E-state index contributed by atoms with van der Waals surface area (Å²) in [4.78, 5) is 0. The van der Waals surface area contributed by atoms with Crippen LogP contribution in [-0.4, -0.2) is 0 Å². The summed E-state index contributed by atoms with van der Waals surface area (Å²) in [7, 11) is 0. The number of hydrogen-bond donors (Lipinski definition) is 0. The second-order valence-electron chi connectivity index (χ2n) is 6.75. The van der Waals surface area contributed by atoms with Gasteiger partial charge in [0.2, 0.25) is 0 Å². The van der Waals surface area contributed by atoms with E-state index in [2.05, 4.69) is 91.9 Å². The molecule has 0 fully saturated rings. The van der Waals surface area contributed by atoms with E-state index in [1.807, 2.05) is 0 Å². The van der Waals surface area contributed by atoms with E-state index < -0.39 is 0 Å². The molecule has 5 rings (SSSR count). The van der Waals surface area contributed by atoms with Gasteiger partial charge >= 0.3 is 26.2 Å². The topological polar surface area (TPSA) is 0 Å². The van der Waals surface area contributed by atoms with E-state index in [0.717, 1.165) is 6.42 Å². The quantitative estimate of drug-likeness (QED) is 0.262. The summed E-state index contributed by atoms with van der Waals surface area (Å²) in [5.41, 5.74) is 4.06. The second-order valence-corrected chi connectivity index (χ2v) is 6.75. The van der Waals surface area contributed by atoms with Crippen LogP contribution in [-0.2, 0) is 32.6 Å². The molecule has 137 valence electrons. The summed E-state index contributed by atoms with van der Waals surface area (Å²) in [6.07, 6.45) is 1.08. The summed E-state index contributed by atoms with van der Waals surface area (Å²) in [5.74, 6) is 0. The van der Waals surface area contributed by atoms with Gasteiger partial charge in [0.05, 0.1) is 0 Å². The van der Waals surface area contributed by atoms with Crippen molar-refractivity contribution in [3.05, 3.63) is 90.5 Å². The van der Waals surface area contributed by atoms with Gasteiger partial charge in [-0.05, 0) is 45.7 Å². The van der Waals surface area contributed by atoms with Gasteiger partial charge in [-0.1, -0.05) is 61.0 Å². The smallest absolute Gasteiger partial charge is 1.00 e. The molecule has 0 nitrogen and oxygen atoms in total. The minimum Gasteiger partial charge on any atom is -1.00 e. The van der Waals surface area contributed by atoms with Crippen molar-refractivity contribution in [1.29, 1.82) is 0 Å². The first-order valence-corrected chi connectivity index (χ1v) is 8.94. The average Bonchev–Trinajstić information content (AvgIpc) is 3.09. The molecule has 0 N–H and O–H groups in total. The van der Waals surface area contributed by atoms with Gasteiger partial charge in [-0.15, -0.1) is 34.5 Å². The third kappa shape index (κ3) is 3.81. The molecule has 0 amide bonds. The standard InChI is InChI=1S/C25H19.2ClH.Zr/c1-2-17-13-20-9-5-11-22(24(20)14-17)23-12-6-10-21-15-18-7-3-4-8-19(18)16-25(21)23;;;/h3-16H,2H2,1H3;2*1H;/q-1;;;+3/p-2.